The quantitative estimate of drug-likeness (QED) is 0.397. The number of carbonyl (C=O) groups is 2. The van der Waals surface area contributed by atoms with Gasteiger partial charge in [0.1, 0.15) is 0 Å². The predicted octanol–water partition coefficient (Wildman–Crippen LogP) is 5.97. The number of fused-ring (bicyclic) bond motifs is 2. The van der Waals surface area contributed by atoms with Crippen LogP contribution >= 0.6 is 0 Å². The van der Waals surface area contributed by atoms with Crippen molar-refractivity contribution in [3.05, 3.63) is 119 Å². The van der Waals surface area contributed by atoms with E-state index in [1.54, 1.807) is 29.2 Å². The molecule has 0 radical (unpaired) electrons. The third kappa shape index (κ3) is 4.55. The van der Waals surface area contributed by atoms with Crippen LogP contribution in [0.3, 0.4) is 0 Å². The highest BCUT2D eigenvalue weighted by Crippen LogP contribution is 2.31. The number of para-hydroxylation sites is 1. The summed E-state index contributed by atoms with van der Waals surface area (Å²) in [6.45, 7) is 1.08. The van der Waals surface area contributed by atoms with Crippen molar-refractivity contribution in [3.63, 3.8) is 0 Å². The van der Waals surface area contributed by atoms with E-state index in [1.807, 2.05) is 42.6 Å². The minimum Gasteiger partial charge on any atom is -0.345 e. The van der Waals surface area contributed by atoms with Gasteiger partial charge in [-0.15, -0.1) is 0 Å². The molecular weight excluding hydrogens is 455 g/mol. The average Bonchev–Trinajstić information content (AvgIpc) is 3.22. The fourth-order valence-electron chi connectivity index (χ4n) is 4.16. The van der Waals surface area contributed by atoms with Gasteiger partial charge >= 0.3 is 6.18 Å². The molecular formula is C27H20F3N3O2. The highest BCUT2D eigenvalue weighted by atomic mass is 19.4. The van der Waals surface area contributed by atoms with Gasteiger partial charge in [-0.05, 0) is 66.2 Å². The molecule has 0 unspecified atom stereocenters. The Balaban J connectivity index is 1.36. The van der Waals surface area contributed by atoms with E-state index in [2.05, 4.69) is 9.88 Å². The lowest BCUT2D eigenvalue weighted by Crippen LogP contribution is -2.30. The van der Waals surface area contributed by atoms with Gasteiger partial charge in [0, 0.05) is 40.9 Å². The Hall–Kier alpha value is -4.33. The minimum absolute atomic E-state index is 0.107. The number of nitrogens with one attached hydrogen (secondary N) is 1. The highest BCUT2D eigenvalue weighted by molar-refractivity contribution is 6.07. The van der Waals surface area contributed by atoms with Crippen molar-refractivity contribution in [1.29, 1.82) is 0 Å². The van der Waals surface area contributed by atoms with Crippen molar-refractivity contribution >= 4 is 23.2 Å². The van der Waals surface area contributed by atoms with E-state index in [9.17, 15) is 22.8 Å². The highest BCUT2D eigenvalue weighted by Gasteiger charge is 2.31. The SMILES string of the molecule is O=C(Nc1ccc(C(=O)N2Cc3cccn3Cc3ccccc32)cc1)c1cccc(C(F)(F)F)c1. The Morgan fingerprint density at radius 3 is 2.34 bits per heavy atom. The Morgan fingerprint density at radius 1 is 0.800 bits per heavy atom. The topological polar surface area (TPSA) is 54.3 Å². The van der Waals surface area contributed by atoms with Crippen LogP contribution in [0.5, 0.6) is 0 Å². The number of carbonyl (C=O) groups excluding carboxylic acids is 2. The zero-order valence-electron chi connectivity index (χ0n) is 18.4. The number of hydrogen-bond donors (Lipinski definition) is 1. The molecule has 1 aliphatic heterocycles. The van der Waals surface area contributed by atoms with Crippen molar-refractivity contribution in [2.45, 2.75) is 19.3 Å². The summed E-state index contributed by atoms with van der Waals surface area (Å²) in [6, 6.07) is 22.2. The van der Waals surface area contributed by atoms with Crippen LogP contribution in [0, 0.1) is 0 Å². The lowest BCUT2D eigenvalue weighted by molar-refractivity contribution is -0.137. The van der Waals surface area contributed by atoms with Gasteiger partial charge in [0.15, 0.2) is 0 Å². The maximum atomic E-state index is 13.5. The van der Waals surface area contributed by atoms with Crippen molar-refractivity contribution in [2.75, 3.05) is 10.2 Å². The van der Waals surface area contributed by atoms with Crippen LogP contribution in [0.25, 0.3) is 0 Å². The number of benzene rings is 3. The summed E-state index contributed by atoms with van der Waals surface area (Å²) in [5, 5.41) is 2.58. The summed E-state index contributed by atoms with van der Waals surface area (Å²) in [5.74, 6) is -0.861. The first-order chi connectivity index (χ1) is 16.8. The summed E-state index contributed by atoms with van der Waals surface area (Å²) < 4.78 is 40.9. The number of aromatic nitrogens is 1. The van der Waals surface area contributed by atoms with E-state index in [4.69, 9.17) is 0 Å². The summed E-state index contributed by atoms with van der Waals surface area (Å²) in [5.41, 5.74) is 2.67. The molecule has 2 amide bonds. The largest absolute Gasteiger partial charge is 0.416 e. The molecule has 0 bridgehead atoms. The Labute approximate surface area is 199 Å². The summed E-state index contributed by atoms with van der Waals surface area (Å²) in [4.78, 5) is 27.7. The van der Waals surface area contributed by atoms with Crippen LogP contribution in [0.15, 0.2) is 91.1 Å². The third-order valence-corrected chi connectivity index (χ3v) is 5.95. The molecule has 0 saturated heterocycles. The molecule has 35 heavy (non-hydrogen) atoms. The maximum Gasteiger partial charge on any atom is 0.416 e. The minimum atomic E-state index is -4.54. The third-order valence-electron chi connectivity index (χ3n) is 5.95. The van der Waals surface area contributed by atoms with Gasteiger partial charge in [0.2, 0.25) is 0 Å². The molecule has 1 N–H and O–H groups in total. The molecule has 2 heterocycles. The Morgan fingerprint density at radius 2 is 1.57 bits per heavy atom. The van der Waals surface area contributed by atoms with Gasteiger partial charge in [0.25, 0.3) is 11.8 Å². The predicted molar refractivity (Wildman–Crippen MR) is 126 cm³/mol. The van der Waals surface area contributed by atoms with Gasteiger partial charge in [0.05, 0.1) is 12.1 Å². The molecule has 0 spiro atoms. The molecule has 1 aliphatic rings. The Bertz CT molecular complexity index is 1410. The average molecular weight is 475 g/mol. The molecule has 5 rings (SSSR count). The molecule has 4 aromatic rings. The number of nitrogens with zero attached hydrogens (tertiary/aromatic N) is 2. The molecule has 0 aliphatic carbocycles. The van der Waals surface area contributed by atoms with Crippen LogP contribution < -0.4 is 10.2 Å². The summed E-state index contributed by atoms with van der Waals surface area (Å²) in [7, 11) is 0. The van der Waals surface area contributed by atoms with Crippen LogP contribution in [-0.4, -0.2) is 16.4 Å². The van der Waals surface area contributed by atoms with Gasteiger partial charge in [-0.3, -0.25) is 9.59 Å². The van der Waals surface area contributed by atoms with Crippen molar-refractivity contribution in [2.24, 2.45) is 0 Å². The normalized spacial score (nSPS) is 12.9. The molecule has 176 valence electrons. The van der Waals surface area contributed by atoms with Crippen LogP contribution in [0.4, 0.5) is 24.5 Å². The van der Waals surface area contributed by atoms with E-state index in [0.717, 1.165) is 29.1 Å². The standard InChI is InChI=1S/C27H20F3N3O2/c28-27(29,30)21-7-3-6-19(15-21)25(34)31-22-12-10-18(11-13-22)26(35)33-17-23-8-4-14-32(23)16-20-5-1-2-9-24(20)33/h1-15H,16-17H2,(H,31,34). The van der Waals surface area contributed by atoms with Gasteiger partial charge in [-0.1, -0.05) is 24.3 Å². The first-order valence-corrected chi connectivity index (χ1v) is 10.9. The molecule has 0 atom stereocenters. The fraction of sp³-hybridized carbons (Fsp3) is 0.111. The zero-order chi connectivity index (χ0) is 24.6. The second-order valence-corrected chi connectivity index (χ2v) is 8.26. The van der Waals surface area contributed by atoms with Crippen LogP contribution in [0.2, 0.25) is 0 Å². The molecule has 8 heteroatoms. The number of alkyl halides is 3. The number of rotatable bonds is 3. The summed E-state index contributed by atoms with van der Waals surface area (Å²) in [6.07, 6.45) is -2.55. The monoisotopic (exact) mass is 475 g/mol. The number of halogens is 3. The van der Waals surface area contributed by atoms with E-state index in [-0.39, 0.29) is 11.5 Å². The van der Waals surface area contributed by atoms with Gasteiger partial charge < -0.3 is 14.8 Å². The molecule has 0 fully saturated rings. The number of amides is 2. The van der Waals surface area contributed by atoms with E-state index < -0.39 is 17.6 Å². The lowest BCUT2D eigenvalue weighted by atomic mass is 10.1. The van der Waals surface area contributed by atoms with Gasteiger partial charge in [-0.2, -0.15) is 13.2 Å². The van der Waals surface area contributed by atoms with E-state index in [1.165, 1.54) is 12.1 Å². The van der Waals surface area contributed by atoms with Crippen molar-refractivity contribution in [1.82, 2.24) is 4.57 Å². The second-order valence-electron chi connectivity index (χ2n) is 8.26. The van der Waals surface area contributed by atoms with E-state index in [0.29, 0.717) is 24.3 Å². The van der Waals surface area contributed by atoms with Crippen molar-refractivity contribution in [3.8, 4) is 0 Å². The van der Waals surface area contributed by atoms with Crippen molar-refractivity contribution < 1.29 is 22.8 Å². The number of anilines is 2. The second kappa shape index (κ2) is 8.79. The van der Waals surface area contributed by atoms with Gasteiger partial charge in [-0.25, -0.2) is 0 Å². The first-order valence-electron chi connectivity index (χ1n) is 10.9. The zero-order valence-corrected chi connectivity index (χ0v) is 18.4. The van der Waals surface area contributed by atoms with Crippen LogP contribution in [-0.2, 0) is 19.3 Å². The Kier molecular flexibility index (Phi) is 5.64. The smallest absolute Gasteiger partial charge is 0.345 e. The molecule has 1 aromatic heterocycles. The van der Waals surface area contributed by atoms with Crippen LogP contribution in [0.1, 0.15) is 37.5 Å². The first kappa shape index (κ1) is 22.5. The summed E-state index contributed by atoms with van der Waals surface area (Å²) >= 11 is 0. The lowest BCUT2D eigenvalue weighted by Gasteiger charge is -2.23. The van der Waals surface area contributed by atoms with E-state index >= 15 is 0 Å². The molecule has 0 saturated carbocycles. The fourth-order valence-corrected chi connectivity index (χ4v) is 4.16. The molecule has 3 aromatic carbocycles. The number of hydrogen-bond acceptors (Lipinski definition) is 2. The molecule has 5 nitrogen and oxygen atoms in total. The maximum absolute atomic E-state index is 13.5.